The van der Waals surface area contributed by atoms with Crippen LogP contribution in [-0.4, -0.2) is 11.0 Å². The Morgan fingerprint density at radius 1 is 1.09 bits per heavy atom. The lowest BCUT2D eigenvalue weighted by atomic mass is 9.90. The Kier molecular flexibility index (Phi) is 4.14. The van der Waals surface area contributed by atoms with Crippen molar-refractivity contribution in [3.05, 3.63) is 58.7 Å². The molecule has 114 valence electrons. The number of amides is 1. The number of benzene rings is 2. The molecule has 0 bridgehead atoms. The fourth-order valence-corrected chi connectivity index (χ4v) is 3.03. The third-order valence-electron chi connectivity index (χ3n) is 4.20. The van der Waals surface area contributed by atoms with E-state index in [0.717, 1.165) is 24.0 Å². The number of hydrogen-bond acceptors (Lipinski definition) is 2. The SMILES string of the molecule is Cc1ccc(O)c(NC(=O)Cc2ccc3c(c2)CCCC3)c1. The summed E-state index contributed by atoms with van der Waals surface area (Å²) in [6, 6.07) is 11.5. The van der Waals surface area contributed by atoms with Crippen LogP contribution in [0.15, 0.2) is 36.4 Å². The number of nitrogens with one attached hydrogen (secondary N) is 1. The molecular weight excluding hydrogens is 274 g/mol. The van der Waals surface area contributed by atoms with Gasteiger partial charge in [0.2, 0.25) is 5.91 Å². The van der Waals surface area contributed by atoms with Crippen molar-refractivity contribution in [1.82, 2.24) is 0 Å². The second kappa shape index (κ2) is 6.22. The molecular formula is C19H21NO2. The lowest BCUT2D eigenvalue weighted by Crippen LogP contribution is -2.15. The van der Waals surface area contributed by atoms with Gasteiger partial charge in [0, 0.05) is 0 Å². The maximum absolute atomic E-state index is 12.2. The Morgan fingerprint density at radius 2 is 1.86 bits per heavy atom. The average Bonchev–Trinajstić information content (AvgIpc) is 2.51. The summed E-state index contributed by atoms with van der Waals surface area (Å²) < 4.78 is 0. The van der Waals surface area contributed by atoms with E-state index in [1.54, 1.807) is 12.1 Å². The molecule has 0 aromatic heterocycles. The number of carbonyl (C=O) groups excluding carboxylic acids is 1. The van der Waals surface area contributed by atoms with Crippen LogP contribution in [0.25, 0.3) is 0 Å². The summed E-state index contributed by atoms with van der Waals surface area (Å²) in [7, 11) is 0. The van der Waals surface area contributed by atoms with E-state index in [1.807, 2.05) is 19.1 Å². The van der Waals surface area contributed by atoms with Gasteiger partial charge < -0.3 is 10.4 Å². The van der Waals surface area contributed by atoms with Gasteiger partial charge in [-0.1, -0.05) is 24.3 Å². The van der Waals surface area contributed by atoms with Crippen molar-refractivity contribution in [2.24, 2.45) is 0 Å². The third-order valence-corrected chi connectivity index (χ3v) is 4.20. The van der Waals surface area contributed by atoms with Gasteiger partial charge in [-0.05, 0) is 67.0 Å². The number of carbonyl (C=O) groups is 1. The van der Waals surface area contributed by atoms with Crippen molar-refractivity contribution in [1.29, 1.82) is 0 Å². The van der Waals surface area contributed by atoms with Crippen molar-refractivity contribution in [3.8, 4) is 5.75 Å². The highest BCUT2D eigenvalue weighted by atomic mass is 16.3. The first-order chi connectivity index (χ1) is 10.6. The molecule has 0 aliphatic heterocycles. The Balaban J connectivity index is 1.70. The molecule has 3 nitrogen and oxygen atoms in total. The summed E-state index contributed by atoms with van der Waals surface area (Å²) in [5, 5.41) is 12.6. The molecule has 0 radical (unpaired) electrons. The minimum atomic E-state index is -0.100. The van der Waals surface area contributed by atoms with E-state index in [0.29, 0.717) is 12.1 Å². The predicted octanol–water partition coefficient (Wildman–Crippen LogP) is 3.76. The summed E-state index contributed by atoms with van der Waals surface area (Å²) in [4.78, 5) is 12.2. The van der Waals surface area contributed by atoms with Gasteiger partial charge in [-0.25, -0.2) is 0 Å². The summed E-state index contributed by atoms with van der Waals surface area (Å²) in [6.07, 6.45) is 5.10. The quantitative estimate of drug-likeness (QED) is 0.847. The summed E-state index contributed by atoms with van der Waals surface area (Å²) in [6.45, 7) is 1.93. The first-order valence-electron chi connectivity index (χ1n) is 7.82. The van der Waals surface area contributed by atoms with Gasteiger partial charge in [-0.3, -0.25) is 4.79 Å². The van der Waals surface area contributed by atoms with Crippen molar-refractivity contribution < 1.29 is 9.90 Å². The molecule has 2 aromatic carbocycles. The van der Waals surface area contributed by atoms with Gasteiger partial charge in [0.25, 0.3) is 0 Å². The second-order valence-electron chi connectivity index (χ2n) is 6.06. The zero-order valence-corrected chi connectivity index (χ0v) is 12.9. The molecule has 2 aromatic rings. The van der Waals surface area contributed by atoms with E-state index >= 15 is 0 Å². The molecule has 0 heterocycles. The normalized spacial score (nSPS) is 13.5. The van der Waals surface area contributed by atoms with Crippen molar-refractivity contribution in [3.63, 3.8) is 0 Å². The van der Waals surface area contributed by atoms with Gasteiger partial charge >= 0.3 is 0 Å². The number of fused-ring (bicyclic) bond motifs is 1. The molecule has 0 fully saturated rings. The molecule has 1 aliphatic rings. The molecule has 1 amide bonds. The Hall–Kier alpha value is -2.29. The molecule has 3 heteroatoms. The average molecular weight is 295 g/mol. The Labute approximate surface area is 131 Å². The van der Waals surface area contributed by atoms with Gasteiger partial charge in [0.15, 0.2) is 0 Å². The van der Waals surface area contributed by atoms with Gasteiger partial charge in [0.05, 0.1) is 12.1 Å². The highest BCUT2D eigenvalue weighted by molar-refractivity contribution is 5.93. The topological polar surface area (TPSA) is 49.3 Å². The molecule has 0 saturated heterocycles. The summed E-state index contributed by atoms with van der Waals surface area (Å²) >= 11 is 0. The summed E-state index contributed by atoms with van der Waals surface area (Å²) in [5.74, 6) is 0.000973. The zero-order chi connectivity index (χ0) is 15.5. The van der Waals surface area contributed by atoms with Gasteiger partial charge in [-0.2, -0.15) is 0 Å². The number of anilines is 1. The first-order valence-corrected chi connectivity index (χ1v) is 7.82. The number of aryl methyl sites for hydroxylation is 3. The van der Waals surface area contributed by atoms with Crippen LogP contribution in [0.4, 0.5) is 5.69 Å². The van der Waals surface area contributed by atoms with Gasteiger partial charge in [-0.15, -0.1) is 0 Å². The van der Waals surface area contributed by atoms with Crippen LogP contribution in [0.5, 0.6) is 5.75 Å². The summed E-state index contributed by atoms with van der Waals surface area (Å²) in [5.41, 5.74) is 5.32. The van der Waals surface area contributed by atoms with E-state index in [-0.39, 0.29) is 11.7 Å². The number of hydrogen-bond donors (Lipinski definition) is 2. The second-order valence-corrected chi connectivity index (χ2v) is 6.06. The van der Waals surface area contributed by atoms with E-state index in [9.17, 15) is 9.90 Å². The van der Waals surface area contributed by atoms with Crippen LogP contribution in [0.1, 0.15) is 35.1 Å². The van der Waals surface area contributed by atoms with Crippen LogP contribution in [0.3, 0.4) is 0 Å². The van der Waals surface area contributed by atoms with Crippen molar-refractivity contribution >= 4 is 11.6 Å². The highest BCUT2D eigenvalue weighted by Crippen LogP contribution is 2.25. The standard InChI is InChI=1S/C19H21NO2/c1-13-6-9-18(21)17(10-13)20-19(22)12-14-7-8-15-4-2-3-5-16(15)11-14/h6-11,21H,2-5,12H2,1H3,(H,20,22). The van der Waals surface area contributed by atoms with Crippen molar-refractivity contribution in [2.75, 3.05) is 5.32 Å². The molecule has 3 rings (SSSR count). The molecule has 2 N–H and O–H groups in total. The van der Waals surface area contributed by atoms with Crippen LogP contribution in [-0.2, 0) is 24.1 Å². The molecule has 22 heavy (non-hydrogen) atoms. The lowest BCUT2D eigenvalue weighted by Gasteiger charge is -2.16. The van der Waals surface area contributed by atoms with Crippen LogP contribution in [0.2, 0.25) is 0 Å². The van der Waals surface area contributed by atoms with E-state index in [1.165, 1.54) is 24.0 Å². The fourth-order valence-electron chi connectivity index (χ4n) is 3.03. The largest absolute Gasteiger partial charge is 0.506 e. The third kappa shape index (κ3) is 3.30. The van der Waals surface area contributed by atoms with Gasteiger partial charge in [0.1, 0.15) is 5.75 Å². The lowest BCUT2D eigenvalue weighted by molar-refractivity contribution is -0.115. The molecule has 0 atom stereocenters. The Morgan fingerprint density at radius 3 is 2.68 bits per heavy atom. The monoisotopic (exact) mass is 295 g/mol. The first kappa shape index (κ1) is 14.6. The zero-order valence-electron chi connectivity index (χ0n) is 12.9. The number of phenols is 1. The minimum absolute atomic E-state index is 0.100. The smallest absolute Gasteiger partial charge is 0.228 e. The van der Waals surface area contributed by atoms with E-state index in [4.69, 9.17) is 0 Å². The van der Waals surface area contributed by atoms with E-state index < -0.39 is 0 Å². The number of aromatic hydroxyl groups is 1. The maximum Gasteiger partial charge on any atom is 0.228 e. The molecule has 1 aliphatic carbocycles. The molecule has 0 unspecified atom stereocenters. The predicted molar refractivity (Wildman–Crippen MR) is 88.3 cm³/mol. The van der Waals surface area contributed by atoms with Crippen LogP contribution < -0.4 is 5.32 Å². The highest BCUT2D eigenvalue weighted by Gasteiger charge is 2.12. The van der Waals surface area contributed by atoms with Crippen molar-refractivity contribution in [2.45, 2.75) is 39.0 Å². The Bertz CT molecular complexity index is 707. The number of phenolic OH excluding ortho intramolecular Hbond substituents is 1. The molecule has 0 saturated carbocycles. The van der Waals surface area contributed by atoms with Crippen LogP contribution >= 0.6 is 0 Å². The number of rotatable bonds is 3. The fraction of sp³-hybridized carbons (Fsp3) is 0.316. The van der Waals surface area contributed by atoms with Crippen LogP contribution in [0, 0.1) is 6.92 Å². The minimum Gasteiger partial charge on any atom is -0.506 e. The molecule has 0 spiro atoms. The van der Waals surface area contributed by atoms with E-state index in [2.05, 4.69) is 17.4 Å². The maximum atomic E-state index is 12.2.